The van der Waals surface area contributed by atoms with Gasteiger partial charge in [-0.1, -0.05) is 35.2 Å². The van der Waals surface area contributed by atoms with Crippen LogP contribution in [0.1, 0.15) is 73.1 Å². The number of likely N-dealkylation sites (N-methyl/N-ethyl adjacent to an activating group) is 1. The predicted octanol–water partition coefficient (Wildman–Crippen LogP) is 3.12. The number of imide groups is 1. The van der Waals surface area contributed by atoms with Crippen LogP contribution in [-0.4, -0.2) is 58.6 Å². The van der Waals surface area contributed by atoms with Gasteiger partial charge in [-0.25, -0.2) is 0 Å². The van der Waals surface area contributed by atoms with Crippen molar-refractivity contribution in [1.82, 2.24) is 15.1 Å². The minimum absolute atomic E-state index is 0.00859. The number of benzene rings is 1. The van der Waals surface area contributed by atoms with Crippen molar-refractivity contribution in [2.24, 2.45) is 0 Å². The van der Waals surface area contributed by atoms with Crippen LogP contribution in [0.5, 0.6) is 0 Å². The summed E-state index contributed by atoms with van der Waals surface area (Å²) in [5.41, 5.74) is -0.187. The van der Waals surface area contributed by atoms with Crippen LogP contribution in [0, 0.1) is 0 Å². The number of carbonyl (C=O) groups excluding carboxylic acids is 4. The van der Waals surface area contributed by atoms with Crippen LogP contribution in [-0.2, 0) is 9.59 Å². The fraction of sp³-hybridized carbons (Fsp3) is 0.545. The molecule has 2 aliphatic rings. The smallest absolute Gasteiger partial charge is 0.261 e. The maximum Gasteiger partial charge on any atom is 0.261 e. The number of nitrogens with one attached hydrogen (secondary N) is 1. The molecule has 0 spiro atoms. The van der Waals surface area contributed by atoms with Crippen LogP contribution < -0.4 is 5.32 Å². The lowest BCUT2D eigenvalue weighted by atomic mass is 9.80. The predicted molar refractivity (Wildman–Crippen MR) is 116 cm³/mol. The monoisotopic (exact) mass is 477 g/mol. The summed E-state index contributed by atoms with van der Waals surface area (Å²) in [6, 6.07) is 4.95. The number of amides is 4. The molecule has 8 heteroatoms. The van der Waals surface area contributed by atoms with Gasteiger partial charge in [-0.15, -0.1) is 0 Å². The van der Waals surface area contributed by atoms with Crippen molar-refractivity contribution in [3.8, 4) is 0 Å². The molecule has 1 N–H and O–H groups in total. The van der Waals surface area contributed by atoms with Crippen LogP contribution in [0.2, 0.25) is 0 Å². The molecule has 1 aromatic carbocycles. The van der Waals surface area contributed by atoms with Crippen molar-refractivity contribution in [2.75, 3.05) is 19.6 Å². The summed E-state index contributed by atoms with van der Waals surface area (Å²) in [5.74, 6) is -1.13. The molecule has 0 bridgehead atoms. The van der Waals surface area contributed by atoms with E-state index in [0.29, 0.717) is 37.1 Å². The highest BCUT2D eigenvalue weighted by atomic mass is 79.9. The third kappa shape index (κ3) is 4.29. The first-order valence-corrected chi connectivity index (χ1v) is 11.4. The first-order chi connectivity index (χ1) is 14.3. The first-order valence-electron chi connectivity index (χ1n) is 10.6. The Morgan fingerprint density at radius 2 is 1.70 bits per heavy atom. The molecule has 0 saturated heterocycles. The average Bonchev–Trinajstić information content (AvgIpc) is 2.97. The Hall–Kier alpha value is -2.22. The van der Waals surface area contributed by atoms with Gasteiger partial charge in [0.05, 0.1) is 11.1 Å². The third-order valence-electron chi connectivity index (χ3n) is 6.04. The first kappa shape index (κ1) is 22.5. The number of nitrogens with zero attached hydrogens (tertiary/aromatic N) is 2. The molecule has 30 heavy (non-hydrogen) atoms. The fourth-order valence-corrected chi connectivity index (χ4v) is 4.73. The summed E-state index contributed by atoms with van der Waals surface area (Å²) < 4.78 is 0.719. The minimum Gasteiger partial charge on any atom is -0.342 e. The van der Waals surface area contributed by atoms with Crippen molar-refractivity contribution >= 4 is 39.6 Å². The zero-order valence-electron chi connectivity index (χ0n) is 17.5. The van der Waals surface area contributed by atoms with Crippen molar-refractivity contribution in [2.45, 2.75) is 57.9 Å². The van der Waals surface area contributed by atoms with Gasteiger partial charge in [0, 0.05) is 30.5 Å². The molecule has 162 valence electrons. The maximum atomic E-state index is 13.2. The normalized spacial score (nSPS) is 17.6. The SMILES string of the molecule is CCN(CC)C(=O)C1(NC(=O)CCN2C(=O)c3ccc(Br)cc3C2=O)CCCCC1. The molecule has 1 aromatic rings. The molecule has 1 aliphatic carbocycles. The van der Waals surface area contributed by atoms with E-state index in [4.69, 9.17) is 0 Å². The van der Waals surface area contributed by atoms with Gasteiger partial charge in [-0.2, -0.15) is 0 Å². The van der Waals surface area contributed by atoms with Gasteiger partial charge < -0.3 is 10.2 Å². The van der Waals surface area contributed by atoms with E-state index in [-0.39, 0.29) is 30.7 Å². The summed E-state index contributed by atoms with van der Waals surface area (Å²) in [6.07, 6.45) is 4.04. The molecule has 3 rings (SSSR count). The van der Waals surface area contributed by atoms with Gasteiger partial charge in [0.25, 0.3) is 11.8 Å². The van der Waals surface area contributed by atoms with Gasteiger partial charge in [0.15, 0.2) is 0 Å². The van der Waals surface area contributed by atoms with Crippen molar-refractivity contribution in [3.05, 3.63) is 33.8 Å². The minimum atomic E-state index is -0.881. The van der Waals surface area contributed by atoms with Crippen molar-refractivity contribution in [1.29, 1.82) is 0 Å². The molecule has 1 saturated carbocycles. The number of halogens is 1. The summed E-state index contributed by atoms with van der Waals surface area (Å²) in [6.45, 7) is 5.04. The summed E-state index contributed by atoms with van der Waals surface area (Å²) >= 11 is 3.31. The molecule has 1 fully saturated rings. The lowest BCUT2D eigenvalue weighted by Crippen LogP contribution is -2.60. The van der Waals surface area contributed by atoms with Crippen molar-refractivity contribution < 1.29 is 19.2 Å². The van der Waals surface area contributed by atoms with Crippen LogP contribution in [0.4, 0.5) is 0 Å². The zero-order valence-corrected chi connectivity index (χ0v) is 19.1. The Balaban J connectivity index is 1.67. The van der Waals surface area contributed by atoms with E-state index in [1.165, 1.54) is 0 Å². The molecule has 0 unspecified atom stereocenters. The molecule has 1 aliphatic heterocycles. The Morgan fingerprint density at radius 3 is 2.33 bits per heavy atom. The highest BCUT2D eigenvalue weighted by Crippen LogP contribution is 2.31. The van der Waals surface area contributed by atoms with Crippen LogP contribution in [0.3, 0.4) is 0 Å². The number of hydrogen-bond acceptors (Lipinski definition) is 4. The quantitative estimate of drug-likeness (QED) is 0.611. The Bertz CT molecular complexity index is 860. The maximum absolute atomic E-state index is 13.2. The van der Waals surface area contributed by atoms with E-state index >= 15 is 0 Å². The molecule has 0 radical (unpaired) electrons. The fourth-order valence-electron chi connectivity index (χ4n) is 4.37. The Morgan fingerprint density at radius 1 is 1.07 bits per heavy atom. The Labute approximate surface area is 185 Å². The Kier molecular flexibility index (Phi) is 6.95. The molecule has 4 amide bonds. The van der Waals surface area contributed by atoms with Crippen molar-refractivity contribution in [3.63, 3.8) is 0 Å². The summed E-state index contributed by atoms with van der Waals surface area (Å²) in [7, 11) is 0. The molecule has 0 atom stereocenters. The van der Waals surface area contributed by atoms with Crippen LogP contribution in [0.25, 0.3) is 0 Å². The average molecular weight is 478 g/mol. The number of hydrogen-bond donors (Lipinski definition) is 1. The number of fused-ring (bicyclic) bond motifs is 1. The van der Waals surface area contributed by atoms with Gasteiger partial charge >= 0.3 is 0 Å². The largest absolute Gasteiger partial charge is 0.342 e. The van der Waals surface area contributed by atoms with E-state index in [1.807, 2.05) is 13.8 Å². The molecule has 7 nitrogen and oxygen atoms in total. The molecular formula is C22H28BrN3O4. The van der Waals surface area contributed by atoms with E-state index in [1.54, 1.807) is 23.1 Å². The lowest BCUT2D eigenvalue weighted by molar-refractivity contribution is -0.143. The van der Waals surface area contributed by atoms with Gasteiger partial charge in [0.2, 0.25) is 11.8 Å². The van der Waals surface area contributed by atoms with Gasteiger partial charge in [-0.3, -0.25) is 24.1 Å². The number of carbonyl (C=O) groups is 4. The second-order valence-electron chi connectivity index (χ2n) is 7.87. The third-order valence-corrected chi connectivity index (χ3v) is 6.53. The molecule has 1 heterocycles. The van der Waals surface area contributed by atoms with Crippen LogP contribution >= 0.6 is 15.9 Å². The summed E-state index contributed by atoms with van der Waals surface area (Å²) in [5, 5.41) is 2.98. The highest BCUT2D eigenvalue weighted by Gasteiger charge is 2.43. The lowest BCUT2D eigenvalue weighted by Gasteiger charge is -2.40. The topological polar surface area (TPSA) is 86.8 Å². The second kappa shape index (κ2) is 9.29. The van der Waals surface area contributed by atoms with E-state index in [9.17, 15) is 19.2 Å². The molecule has 0 aromatic heterocycles. The standard InChI is InChI=1S/C22H28BrN3O4/c1-3-25(4-2)21(30)22(11-6-5-7-12-22)24-18(27)10-13-26-19(28)16-9-8-15(23)14-17(16)20(26)29/h8-9,14H,3-7,10-13H2,1-2H3,(H,24,27). The molecular weight excluding hydrogens is 450 g/mol. The number of rotatable bonds is 7. The van der Waals surface area contributed by atoms with E-state index in [2.05, 4.69) is 21.2 Å². The summed E-state index contributed by atoms with van der Waals surface area (Å²) in [4.78, 5) is 53.9. The van der Waals surface area contributed by atoms with Gasteiger partial charge in [0.1, 0.15) is 5.54 Å². The zero-order chi connectivity index (χ0) is 21.9. The van der Waals surface area contributed by atoms with E-state index < -0.39 is 11.4 Å². The van der Waals surface area contributed by atoms with Crippen LogP contribution in [0.15, 0.2) is 22.7 Å². The van der Waals surface area contributed by atoms with Gasteiger partial charge in [-0.05, 0) is 44.9 Å². The highest BCUT2D eigenvalue weighted by molar-refractivity contribution is 9.10. The van der Waals surface area contributed by atoms with E-state index in [0.717, 1.165) is 28.6 Å². The second-order valence-corrected chi connectivity index (χ2v) is 8.79.